The van der Waals surface area contributed by atoms with Gasteiger partial charge in [0.15, 0.2) is 0 Å². The van der Waals surface area contributed by atoms with Gasteiger partial charge in [0.1, 0.15) is 0 Å². The molecule has 18 heavy (non-hydrogen) atoms. The third-order valence-corrected chi connectivity index (χ3v) is 3.50. The highest BCUT2D eigenvalue weighted by Gasteiger charge is 2.21. The molecule has 2 rings (SSSR count). The van der Waals surface area contributed by atoms with E-state index in [9.17, 15) is 4.79 Å². The smallest absolute Gasteiger partial charge is 0.227 e. The Morgan fingerprint density at radius 3 is 2.61 bits per heavy atom. The molecule has 1 aromatic rings. The highest BCUT2D eigenvalue weighted by Crippen LogP contribution is 2.26. The first-order valence-corrected chi connectivity index (χ1v) is 6.34. The lowest BCUT2D eigenvalue weighted by Crippen LogP contribution is -2.25. The molecule has 0 radical (unpaired) electrons. The van der Waals surface area contributed by atoms with Crippen LogP contribution in [0.15, 0.2) is 18.2 Å². The van der Waals surface area contributed by atoms with Gasteiger partial charge in [0, 0.05) is 17.3 Å². The number of nitrogen functional groups attached to an aromatic ring is 1. The fraction of sp³-hybridized carbons (Fsp3) is 0.500. The number of aryl methyl sites for hydroxylation is 1. The molecule has 0 spiro atoms. The van der Waals surface area contributed by atoms with E-state index in [1.54, 1.807) is 0 Å². The number of carbonyl (C=O) groups is 1. The normalized spacial score (nSPS) is 15.8. The van der Waals surface area contributed by atoms with E-state index in [0.29, 0.717) is 5.69 Å². The van der Waals surface area contributed by atoms with Gasteiger partial charge in [-0.2, -0.15) is 0 Å². The molecule has 1 amide bonds. The molecule has 0 bridgehead atoms. The number of hydrogen-bond acceptors (Lipinski definition) is 2. The van der Waals surface area contributed by atoms with E-state index in [2.05, 4.69) is 5.32 Å². The molecule has 1 fully saturated rings. The summed E-state index contributed by atoms with van der Waals surface area (Å²) in [6.45, 7) is 1.98. The lowest BCUT2D eigenvalue weighted by molar-refractivity contribution is -0.120. The van der Waals surface area contributed by atoms with Crippen LogP contribution in [0.4, 0.5) is 11.4 Å². The minimum Gasteiger partial charge on any atom is -0.399 e. The van der Waals surface area contributed by atoms with Crippen LogP contribution in [0.2, 0.25) is 0 Å². The average molecular weight is 269 g/mol. The molecule has 100 valence electrons. The zero-order valence-corrected chi connectivity index (χ0v) is 11.6. The Labute approximate surface area is 115 Å². The summed E-state index contributed by atoms with van der Waals surface area (Å²) in [6, 6.07) is 5.62. The Bertz CT molecular complexity index is 414. The maximum absolute atomic E-state index is 12.1. The van der Waals surface area contributed by atoms with E-state index in [-0.39, 0.29) is 24.2 Å². The Kier molecular flexibility index (Phi) is 5.48. The predicted molar refractivity (Wildman–Crippen MR) is 78.0 cm³/mol. The summed E-state index contributed by atoms with van der Waals surface area (Å²) >= 11 is 0. The molecular weight excluding hydrogens is 248 g/mol. The summed E-state index contributed by atoms with van der Waals surface area (Å²) in [5, 5.41) is 3.00. The summed E-state index contributed by atoms with van der Waals surface area (Å²) in [4.78, 5) is 12.1. The third-order valence-electron chi connectivity index (χ3n) is 3.50. The van der Waals surface area contributed by atoms with Gasteiger partial charge >= 0.3 is 0 Å². The maximum Gasteiger partial charge on any atom is 0.227 e. The number of benzene rings is 1. The van der Waals surface area contributed by atoms with E-state index in [1.807, 2.05) is 25.1 Å². The van der Waals surface area contributed by atoms with E-state index in [1.165, 1.54) is 19.3 Å². The summed E-state index contributed by atoms with van der Waals surface area (Å²) in [6.07, 6.45) is 5.66. The van der Waals surface area contributed by atoms with Gasteiger partial charge in [0.25, 0.3) is 0 Å². The summed E-state index contributed by atoms with van der Waals surface area (Å²) in [5.41, 5.74) is 8.33. The summed E-state index contributed by atoms with van der Waals surface area (Å²) in [7, 11) is 0. The maximum atomic E-state index is 12.1. The van der Waals surface area contributed by atoms with Crippen LogP contribution in [-0.4, -0.2) is 5.91 Å². The zero-order chi connectivity index (χ0) is 12.3. The standard InChI is InChI=1S/C14H20N2O.ClH/c1-10-7-8-12(15)9-13(10)16-14(17)11-5-3-2-4-6-11;/h7-9,11H,2-6,15H2,1H3,(H,16,17);1H. The van der Waals surface area contributed by atoms with Crippen LogP contribution in [0.25, 0.3) is 0 Å². The van der Waals surface area contributed by atoms with Gasteiger partial charge in [0.2, 0.25) is 5.91 Å². The largest absolute Gasteiger partial charge is 0.399 e. The first-order chi connectivity index (χ1) is 8.16. The van der Waals surface area contributed by atoms with Crippen molar-refractivity contribution in [2.45, 2.75) is 39.0 Å². The third kappa shape index (κ3) is 3.64. The molecule has 4 heteroatoms. The Morgan fingerprint density at radius 1 is 1.28 bits per heavy atom. The number of carbonyl (C=O) groups excluding carboxylic acids is 1. The van der Waals surface area contributed by atoms with Crippen molar-refractivity contribution in [1.82, 2.24) is 0 Å². The molecule has 1 aromatic carbocycles. The molecular formula is C14H21ClN2O. The lowest BCUT2D eigenvalue weighted by atomic mass is 9.88. The Morgan fingerprint density at radius 2 is 1.94 bits per heavy atom. The Balaban J connectivity index is 0.00000162. The number of hydrogen-bond donors (Lipinski definition) is 2. The zero-order valence-electron chi connectivity index (χ0n) is 10.7. The van der Waals surface area contributed by atoms with Gasteiger partial charge < -0.3 is 11.1 Å². The lowest BCUT2D eigenvalue weighted by Gasteiger charge is -2.21. The van der Waals surface area contributed by atoms with Crippen molar-refractivity contribution in [3.05, 3.63) is 23.8 Å². The molecule has 1 saturated carbocycles. The molecule has 0 heterocycles. The van der Waals surface area contributed by atoms with Gasteiger partial charge in [-0.3, -0.25) is 4.79 Å². The summed E-state index contributed by atoms with van der Waals surface area (Å²) in [5.74, 6) is 0.336. The van der Waals surface area contributed by atoms with Crippen molar-refractivity contribution in [2.75, 3.05) is 11.1 Å². The molecule has 1 aliphatic rings. The minimum absolute atomic E-state index is 0. The fourth-order valence-corrected chi connectivity index (χ4v) is 2.37. The van der Waals surface area contributed by atoms with Gasteiger partial charge in [-0.15, -0.1) is 12.4 Å². The first-order valence-electron chi connectivity index (χ1n) is 6.34. The van der Waals surface area contributed by atoms with E-state index < -0.39 is 0 Å². The number of anilines is 2. The number of nitrogens with two attached hydrogens (primary N) is 1. The van der Waals surface area contributed by atoms with Crippen LogP contribution in [0.3, 0.4) is 0 Å². The molecule has 0 saturated heterocycles. The minimum atomic E-state index is 0. The quantitative estimate of drug-likeness (QED) is 0.807. The molecule has 0 unspecified atom stereocenters. The first kappa shape index (κ1) is 14.8. The molecule has 0 atom stereocenters. The van der Waals surface area contributed by atoms with Crippen molar-refractivity contribution in [3.8, 4) is 0 Å². The number of amides is 1. The molecule has 3 N–H and O–H groups in total. The van der Waals surface area contributed by atoms with Crippen LogP contribution in [0, 0.1) is 12.8 Å². The topological polar surface area (TPSA) is 55.1 Å². The number of halogens is 1. The molecule has 0 aromatic heterocycles. The van der Waals surface area contributed by atoms with Crippen molar-refractivity contribution >= 4 is 29.7 Å². The second-order valence-corrected chi connectivity index (χ2v) is 4.90. The highest BCUT2D eigenvalue weighted by atomic mass is 35.5. The van der Waals surface area contributed by atoms with Crippen molar-refractivity contribution in [3.63, 3.8) is 0 Å². The molecule has 1 aliphatic carbocycles. The second-order valence-electron chi connectivity index (χ2n) is 4.90. The van der Waals surface area contributed by atoms with Crippen molar-refractivity contribution < 1.29 is 4.79 Å². The molecule has 3 nitrogen and oxygen atoms in total. The average Bonchev–Trinajstić information content (AvgIpc) is 2.35. The van der Waals surface area contributed by atoms with Gasteiger partial charge in [-0.25, -0.2) is 0 Å². The summed E-state index contributed by atoms with van der Waals surface area (Å²) < 4.78 is 0. The number of nitrogens with one attached hydrogen (secondary N) is 1. The molecule has 0 aliphatic heterocycles. The fourth-order valence-electron chi connectivity index (χ4n) is 2.37. The van der Waals surface area contributed by atoms with E-state index >= 15 is 0 Å². The SMILES string of the molecule is Cc1ccc(N)cc1NC(=O)C1CCCCC1.Cl. The second kappa shape index (κ2) is 6.64. The van der Waals surface area contributed by atoms with E-state index in [0.717, 1.165) is 24.1 Å². The number of rotatable bonds is 2. The van der Waals surface area contributed by atoms with Crippen LogP contribution < -0.4 is 11.1 Å². The van der Waals surface area contributed by atoms with Crippen LogP contribution >= 0.6 is 12.4 Å². The predicted octanol–water partition coefficient (Wildman–Crippen LogP) is 3.52. The monoisotopic (exact) mass is 268 g/mol. The van der Waals surface area contributed by atoms with Crippen LogP contribution in [0.1, 0.15) is 37.7 Å². The van der Waals surface area contributed by atoms with Crippen LogP contribution in [-0.2, 0) is 4.79 Å². The van der Waals surface area contributed by atoms with Gasteiger partial charge in [0.05, 0.1) is 0 Å². The highest BCUT2D eigenvalue weighted by molar-refractivity contribution is 5.93. The Hall–Kier alpha value is -1.22. The van der Waals surface area contributed by atoms with E-state index in [4.69, 9.17) is 5.73 Å². The van der Waals surface area contributed by atoms with Crippen molar-refractivity contribution in [2.24, 2.45) is 5.92 Å². The van der Waals surface area contributed by atoms with Crippen LogP contribution in [0.5, 0.6) is 0 Å². The van der Waals surface area contributed by atoms with Gasteiger partial charge in [-0.05, 0) is 37.5 Å². The van der Waals surface area contributed by atoms with Gasteiger partial charge in [-0.1, -0.05) is 25.3 Å². The van der Waals surface area contributed by atoms with Crippen molar-refractivity contribution in [1.29, 1.82) is 0 Å².